The molecule has 2 aromatic carbocycles. The normalized spacial score (nSPS) is 17.6. The number of benzene rings is 2. The fraction of sp³-hybridized carbons (Fsp3) is 0.185. The van der Waals surface area contributed by atoms with Crippen molar-refractivity contribution in [3.63, 3.8) is 0 Å². The van der Waals surface area contributed by atoms with Gasteiger partial charge in [-0.3, -0.25) is 15.1 Å². The number of nitro groups is 1. The van der Waals surface area contributed by atoms with Crippen molar-refractivity contribution in [1.29, 1.82) is 0 Å². The van der Waals surface area contributed by atoms with Crippen molar-refractivity contribution in [1.82, 2.24) is 10.3 Å². The zero-order valence-corrected chi connectivity index (χ0v) is 20.1. The molecule has 1 saturated heterocycles. The SMILES string of the molecule is CC(C)c1ccc(N2C(=S)N[C@H](c3ccccn3)[C@H]2c2ccc(-c3cccc([N+](=O)[O-])c3)o2)cc1. The van der Waals surface area contributed by atoms with Gasteiger partial charge in [0.2, 0.25) is 0 Å². The average Bonchev–Trinajstić information content (AvgIpc) is 3.49. The molecule has 8 heteroatoms. The molecule has 7 nitrogen and oxygen atoms in total. The van der Waals surface area contributed by atoms with Gasteiger partial charge >= 0.3 is 0 Å². The molecule has 3 heterocycles. The van der Waals surface area contributed by atoms with Crippen molar-refractivity contribution in [3.05, 3.63) is 112 Å². The Morgan fingerprint density at radius 1 is 1.06 bits per heavy atom. The third kappa shape index (κ3) is 4.40. The van der Waals surface area contributed by atoms with E-state index in [-0.39, 0.29) is 17.8 Å². The fourth-order valence-electron chi connectivity index (χ4n) is 4.38. The van der Waals surface area contributed by atoms with Crippen molar-refractivity contribution in [3.8, 4) is 11.3 Å². The number of pyridine rings is 1. The maximum Gasteiger partial charge on any atom is 0.270 e. The Balaban J connectivity index is 1.57. The standard InChI is InChI=1S/C27H24N4O3S/c1-17(2)18-9-11-20(12-10-18)30-26(25(29-27(30)35)22-8-3-4-15-28-22)24-14-13-23(34-24)19-6-5-7-21(16-19)31(32)33/h3-17,25-26H,1-2H3,(H,29,35)/t25-,26-/m1/s1. The number of nitrogens with one attached hydrogen (secondary N) is 1. The summed E-state index contributed by atoms with van der Waals surface area (Å²) in [7, 11) is 0. The zero-order valence-electron chi connectivity index (χ0n) is 19.3. The van der Waals surface area contributed by atoms with Crippen LogP contribution in [0.2, 0.25) is 0 Å². The van der Waals surface area contributed by atoms with Gasteiger partial charge in [0.05, 0.1) is 16.7 Å². The number of rotatable bonds is 6. The van der Waals surface area contributed by atoms with E-state index in [4.69, 9.17) is 16.6 Å². The lowest BCUT2D eigenvalue weighted by Gasteiger charge is -2.26. The first-order valence-corrected chi connectivity index (χ1v) is 11.8. The minimum atomic E-state index is -0.410. The third-order valence-corrected chi connectivity index (χ3v) is 6.51. The molecule has 176 valence electrons. The number of anilines is 1. The highest BCUT2D eigenvalue weighted by Gasteiger charge is 2.42. The molecule has 1 N–H and O–H groups in total. The van der Waals surface area contributed by atoms with Crippen LogP contribution >= 0.6 is 12.2 Å². The highest BCUT2D eigenvalue weighted by Crippen LogP contribution is 2.43. The highest BCUT2D eigenvalue weighted by molar-refractivity contribution is 7.80. The van der Waals surface area contributed by atoms with Crippen molar-refractivity contribution in [2.45, 2.75) is 31.8 Å². The highest BCUT2D eigenvalue weighted by atomic mass is 32.1. The van der Waals surface area contributed by atoms with Crippen LogP contribution in [0.15, 0.2) is 89.5 Å². The van der Waals surface area contributed by atoms with Gasteiger partial charge in [0.1, 0.15) is 17.6 Å². The van der Waals surface area contributed by atoms with E-state index in [1.807, 2.05) is 30.3 Å². The van der Waals surface area contributed by atoms with E-state index >= 15 is 0 Å². The molecule has 2 aromatic heterocycles. The van der Waals surface area contributed by atoms with Gasteiger partial charge in [-0.1, -0.05) is 44.2 Å². The molecule has 0 aliphatic carbocycles. The minimum Gasteiger partial charge on any atom is -0.459 e. The summed E-state index contributed by atoms with van der Waals surface area (Å²) in [5.74, 6) is 1.66. The first-order chi connectivity index (χ1) is 16.9. The Hall–Kier alpha value is -4.04. The quantitative estimate of drug-likeness (QED) is 0.189. The zero-order chi connectivity index (χ0) is 24.5. The van der Waals surface area contributed by atoms with Gasteiger partial charge in [0, 0.05) is 29.6 Å². The summed E-state index contributed by atoms with van der Waals surface area (Å²) in [6.07, 6.45) is 1.76. The van der Waals surface area contributed by atoms with E-state index < -0.39 is 4.92 Å². The maximum atomic E-state index is 11.2. The summed E-state index contributed by atoms with van der Waals surface area (Å²) in [6.45, 7) is 4.32. The molecule has 1 aliphatic heterocycles. The molecule has 1 fully saturated rings. The number of thiocarbonyl (C=S) groups is 1. The van der Waals surface area contributed by atoms with Gasteiger partial charge in [-0.05, 0) is 60.1 Å². The average molecular weight is 485 g/mol. The molecule has 1 aliphatic rings. The van der Waals surface area contributed by atoms with Crippen LogP contribution in [0.1, 0.15) is 48.9 Å². The second-order valence-electron chi connectivity index (χ2n) is 8.75. The summed E-state index contributed by atoms with van der Waals surface area (Å²) >= 11 is 5.78. The van der Waals surface area contributed by atoms with E-state index in [2.05, 4.69) is 53.3 Å². The van der Waals surface area contributed by atoms with E-state index in [1.165, 1.54) is 17.7 Å². The second kappa shape index (κ2) is 9.31. The predicted octanol–water partition coefficient (Wildman–Crippen LogP) is 6.55. The van der Waals surface area contributed by atoms with Gasteiger partial charge in [-0.25, -0.2) is 0 Å². The molecule has 0 bridgehead atoms. The summed E-state index contributed by atoms with van der Waals surface area (Å²) in [5.41, 5.74) is 3.69. The number of non-ortho nitro benzene ring substituents is 1. The first-order valence-electron chi connectivity index (χ1n) is 11.4. The van der Waals surface area contributed by atoms with Crippen LogP contribution in [0, 0.1) is 10.1 Å². The maximum absolute atomic E-state index is 11.2. The lowest BCUT2D eigenvalue weighted by atomic mass is 10.0. The van der Waals surface area contributed by atoms with Gasteiger partial charge in [-0.15, -0.1) is 0 Å². The van der Waals surface area contributed by atoms with Crippen molar-refractivity contribution >= 4 is 28.7 Å². The predicted molar refractivity (Wildman–Crippen MR) is 139 cm³/mol. The molecule has 0 saturated carbocycles. The molecule has 0 radical (unpaired) electrons. The Labute approximate surface area is 208 Å². The number of furan rings is 1. The second-order valence-corrected chi connectivity index (χ2v) is 9.14. The monoisotopic (exact) mass is 484 g/mol. The smallest absolute Gasteiger partial charge is 0.270 e. The Bertz CT molecular complexity index is 1370. The van der Waals surface area contributed by atoms with Gasteiger partial charge in [0.25, 0.3) is 5.69 Å². The van der Waals surface area contributed by atoms with Gasteiger partial charge < -0.3 is 14.6 Å². The number of hydrogen-bond donors (Lipinski definition) is 1. The molecule has 0 unspecified atom stereocenters. The fourth-order valence-corrected chi connectivity index (χ4v) is 4.73. The summed E-state index contributed by atoms with van der Waals surface area (Å²) in [4.78, 5) is 17.4. The molecular weight excluding hydrogens is 460 g/mol. The van der Waals surface area contributed by atoms with Crippen molar-refractivity contribution in [2.75, 3.05) is 4.90 Å². The Morgan fingerprint density at radius 2 is 1.86 bits per heavy atom. The summed E-state index contributed by atoms with van der Waals surface area (Å²) in [6, 6.07) is 23.8. The molecule has 2 atom stereocenters. The number of aromatic nitrogens is 1. The topological polar surface area (TPSA) is 84.4 Å². The number of nitrogens with zero attached hydrogens (tertiary/aromatic N) is 3. The van der Waals surface area contributed by atoms with Crippen LogP contribution in [-0.2, 0) is 0 Å². The van der Waals surface area contributed by atoms with Crippen LogP contribution in [0.25, 0.3) is 11.3 Å². The van der Waals surface area contributed by atoms with E-state index in [0.29, 0.717) is 28.1 Å². The first kappa shape index (κ1) is 22.7. The molecule has 4 aromatic rings. The molecule has 0 spiro atoms. The van der Waals surface area contributed by atoms with E-state index in [1.54, 1.807) is 18.3 Å². The van der Waals surface area contributed by atoms with Crippen molar-refractivity contribution < 1.29 is 9.34 Å². The van der Waals surface area contributed by atoms with Gasteiger partial charge in [0.15, 0.2) is 5.11 Å². The summed E-state index contributed by atoms with van der Waals surface area (Å²) < 4.78 is 6.31. The minimum absolute atomic E-state index is 0.0161. The lowest BCUT2D eigenvalue weighted by Crippen LogP contribution is -2.29. The van der Waals surface area contributed by atoms with E-state index in [0.717, 1.165) is 11.4 Å². The van der Waals surface area contributed by atoms with Crippen molar-refractivity contribution in [2.24, 2.45) is 0 Å². The van der Waals surface area contributed by atoms with Crippen LogP contribution < -0.4 is 10.2 Å². The third-order valence-electron chi connectivity index (χ3n) is 6.20. The molecule has 35 heavy (non-hydrogen) atoms. The summed E-state index contributed by atoms with van der Waals surface area (Å²) in [5, 5.41) is 15.2. The van der Waals surface area contributed by atoms with Crippen LogP contribution in [0.3, 0.4) is 0 Å². The molecule has 5 rings (SSSR count). The van der Waals surface area contributed by atoms with Crippen LogP contribution in [0.4, 0.5) is 11.4 Å². The number of hydrogen-bond acceptors (Lipinski definition) is 5. The van der Waals surface area contributed by atoms with Crippen LogP contribution in [0.5, 0.6) is 0 Å². The van der Waals surface area contributed by atoms with Crippen LogP contribution in [-0.4, -0.2) is 15.0 Å². The lowest BCUT2D eigenvalue weighted by molar-refractivity contribution is -0.384. The molecule has 0 amide bonds. The Kier molecular flexibility index (Phi) is 6.05. The largest absolute Gasteiger partial charge is 0.459 e. The Morgan fingerprint density at radius 3 is 2.54 bits per heavy atom. The van der Waals surface area contributed by atoms with Gasteiger partial charge in [-0.2, -0.15) is 0 Å². The van der Waals surface area contributed by atoms with E-state index in [9.17, 15) is 10.1 Å². The molecular formula is C27H24N4O3S. The number of nitro benzene ring substituents is 1.